The molecule has 0 radical (unpaired) electrons. The largest absolute Gasteiger partial charge is 0.377 e. The van der Waals surface area contributed by atoms with Gasteiger partial charge in [0.05, 0.1) is 6.10 Å². The maximum absolute atomic E-state index is 5.96. The van der Waals surface area contributed by atoms with Gasteiger partial charge in [-0.3, -0.25) is 0 Å². The molecule has 0 unspecified atom stereocenters. The lowest BCUT2D eigenvalue weighted by Gasteiger charge is -2.52. The summed E-state index contributed by atoms with van der Waals surface area (Å²) in [5.74, 6) is 0.662. The van der Waals surface area contributed by atoms with E-state index in [0.717, 1.165) is 6.61 Å². The third kappa shape index (κ3) is 0.565. The van der Waals surface area contributed by atoms with Crippen molar-refractivity contribution in [3.63, 3.8) is 0 Å². The van der Waals surface area contributed by atoms with Gasteiger partial charge >= 0.3 is 0 Å². The number of hydrogen-bond donors (Lipinski definition) is 1. The van der Waals surface area contributed by atoms with E-state index in [1.165, 1.54) is 6.42 Å². The summed E-state index contributed by atoms with van der Waals surface area (Å²) in [6.07, 6.45) is 1.64. The molecule has 2 aliphatic rings. The van der Waals surface area contributed by atoms with Crippen molar-refractivity contribution < 1.29 is 4.74 Å². The Morgan fingerprint density at radius 2 is 2.20 bits per heavy atom. The van der Waals surface area contributed by atoms with Crippen LogP contribution in [0, 0.1) is 11.3 Å². The first kappa shape index (κ1) is 6.62. The summed E-state index contributed by atoms with van der Waals surface area (Å²) in [4.78, 5) is 0. The van der Waals surface area contributed by atoms with Crippen LogP contribution < -0.4 is 5.73 Å². The molecule has 3 atom stereocenters. The number of ether oxygens (including phenoxy) is 1. The topological polar surface area (TPSA) is 35.2 Å². The third-order valence-corrected chi connectivity index (χ3v) is 3.19. The van der Waals surface area contributed by atoms with Gasteiger partial charge in [0.1, 0.15) is 0 Å². The molecule has 1 aliphatic carbocycles. The first-order valence-electron chi connectivity index (χ1n) is 4.01. The van der Waals surface area contributed by atoms with Crippen molar-refractivity contribution in [1.29, 1.82) is 0 Å². The maximum atomic E-state index is 5.96. The van der Waals surface area contributed by atoms with Crippen LogP contribution in [-0.4, -0.2) is 18.8 Å². The van der Waals surface area contributed by atoms with E-state index in [9.17, 15) is 0 Å². The molecule has 0 aromatic rings. The highest BCUT2D eigenvalue weighted by Gasteiger charge is 2.57. The average molecular weight is 141 g/mol. The molecule has 1 aliphatic heterocycles. The minimum Gasteiger partial charge on any atom is -0.377 e. The van der Waals surface area contributed by atoms with Crippen LogP contribution in [-0.2, 0) is 4.74 Å². The third-order valence-electron chi connectivity index (χ3n) is 3.19. The van der Waals surface area contributed by atoms with Crippen molar-refractivity contribution in [2.24, 2.45) is 17.1 Å². The molecule has 0 aromatic carbocycles. The number of hydrogen-bond acceptors (Lipinski definition) is 2. The SMILES string of the molecule is CC1(C)[C@H](N)[C@H]2CCO[C@H]21. The summed E-state index contributed by atoms with van der Waals surface area (Å²) in [5.41, 5.74) is 6.20. The average Bonchev–Trinajstić information content (AvgIpc) is 2.31. The number of fused-ring (bicyclic) bond motifs is 1. The van der Waals surface area contributed by atoms with E-state index in [4.69, 9.17) is 10.5 Å². The predicted molar refractivity (Wildman–Crippen MR) is 39.6 cm³/mol. The van der Waals surface area contributed by atoms with Gasteiger partial charge < -0.3 is 10.5 Å². The lowest BCUT2D eigenvalue weighted by Crippen LogP contribution is -2.64. The summed E-state index contributed by atoms with van der Waals surface area (Å²) < 4.78 is 5.56. The van der Waals surface area contributed by atoms with Crippen LogP contribution in [0.2, 0.25) is 0 Å². The van der Waals surface area contributed by atoms with E-state index in [1.54, 1.807) is 0 Å². The normalized spacial score (nSPS) is 50.1. The van der Waals surface area contributed by atoms with Crippen molar-refractivity contribution in [3.8, 4) is 0 Å². The fourth-order valence-electron chi connectivity index (χ4n) is 2.36. The molecule has 0 spiro atoms. The Bertz CT molecular complexity index is 155. The molecule has 0 amide bonds. The molecule has 2 fully saturated rings. The first-order chi connectivity index (χ1) is 4.64. The summed E-state index contributed by atoms with van der Waals surface area (Å²) in [7, 11) is 0. The van der Waals surface area contributed by atoms with Crippen LogP contribution in [0.4, 0.5) is 0 Å². The van der Waals surface area contributed by atoms with Gasteiger partial charge in [-0.15, -0.1) is 0 Å². The fraction of sp³-hybridized carbons (Fsp3) is 1.00. The second-order valence-electron chi connectivity index (χ2n) is 4.09. The van der Waals surface area contributed by atoms with Crippen LogP contribution >= 0.6 is 0 Å². The summed E-state index contributed by atoms with van der Waals surface area (Å²) in [6, 6.07) is 0.375. The van der Waals surface area contributed by atoms with Crippen LogP contribution in [0.5, 0.6) is 0 Å². The van der Waals surface area contributed by atoms with E-state index < -0.39 is 0 Å². The molecular formula is C8H15NO. The molecule has 1 heterocycles. The Morgan fingerprint density at radius 1 is 1.50 bits per heavy atom. The molecule has 10 heavy (non-hydrogen) atoms. The molecule has 2 N–H and O–H groups in total. The van der Waals surface area contributed by atoms with E-state index in [2.05, 4.69) is 13.8 Å². The lowest BCUT2D eigenvalue weighted by atomic mass is 9.58. The minimum absolute atomic E-state index is 0.237. The van der Waals surface area contributed by atoms with Crippen molar-refractivity contribution in [2.75, 3.05) is 6.61 Å². The highest BCUT2D eigenvalue weighted by molar-refractivity contribution is 5.09. The highest BCUT2D eigenvalue weighted by Crippen LogP contribution is 2.50. The maximum Gasteiger partial charge on any atom is 0.0684 e. The summed E-state index contributed by atoms with van der Waals surface area (Å²) in [6.45, 7) is 5.32. The van der Waals surface area contributed by atoms with E-state index in [-0.39, 0.29) is 5.41 Å². The molecule has 0 aromatic heterocycles. The number of rotatable bonds is 0. The fourth-order valence-corrected chi connectivity index (χ4v) is 2.36. The van der Waals surface area contributed by atoms with E-state index in [1.807, 2.05) is 0 Å². The van der Waals surface area contributed by atoms with Gasteiger partial charge in [0.2, 0.25) is 0 Å². The molecule has 1 saturated carbocycles. The van der Waals surface area contributed by atoms with E-state index >= 15 is 0 Å². The summed E-state index contributed by atoms with van der Waals surface area (Å²) >= 11 is 0. The van der Waals surface area contributed by atoms with Crippen LogP contribution in [0.25, 0.3) is 0 Å². The molecule has 2 rings (SSSR count). The van der Waals surface area contributed by atoms with Gasteiger partial charge in [-0.25, -0.2) is 0 Å². The monoisotopic (exact) mass is 141 g/mol. The van der Waals surface area contributed by atoms with Gasteiger partial charge in [0.25, 0.3) is 0 Å². The molecule has 58 valence electrons. The zero-order valence-electron chi connectivity index (χ0n) is 6.63. The van der Waals surface area contributed by atoms with E-state index in [0.29, 0.717) is 18.1 Å². The second-order valence-corrected chi connectivity index (χ2v) is 4.09. The zero-order valence-corrected chi connectivity index (χ0v) is 6.63. The quantitative estimate of drug-likeness (QED) is 0.540. The lowest BCUT2D eigenvalue weighted by molar-refractivity contribution is -0.0994. The first-order valence-corrected chi connectivity index (χ1v) is 4.01. The van der Waals surface area contributed by atoms with Crippen molar-refractivity contribution >= 4 is 0 Å². The Hall–Kier alpha value is -0.0800. The van der Waals surface area contributed by atoms with Crippen molar-refractivity contribution in [3.05, 3.63) is 0 Å². The van der Waals surface area contributed by atoms with Gasteiger partial charge in [0, 0.05) is 24.0 Å². The molecule has 1 saturated heterocycles. The predicted octanol–water partition coefficient (Wildman–Crippen LogP) is 0.759. The smallest absolute Gasteiger partial charge is 0.0684 e. The molecule has 2 heteroatoms. The van der Waals surface area contributed by atoms with Gasteiger partial charge in [-0.05, 0) is 6.42 Å². The van der Waals surface area contributed by atoms with Gasteiger partial charge in [-0.2, -0.15) is 0 Å². The second kappa shape index (κ2) is 1.74. The van der Waals surface area contributed by atoms with Crippen LogP contribution in [0.1, 0.15) is 20.3 Å². The molecule has 0 bridgehead atoms. The Balaban J connectivity index is 2.15. The van der Waals surface area contributed by atoms with Crippen LogP contribution in [0.3, 0.4) is 0 Å². The Kier molecular flexibility index (Phi) is 1.15. The summed E-state index contributed by atoms with van der Waals surface area (Å²) in [5, 5.41) is 0. The minimum atomic E-state index is 0.237. The zero-order chi connectivity index (χ0) is 7.35. The van der Waals surface area contributed by atoms with Crippen molar-refractivity contribution in [1.82, 2.24) is 0 Å². The van der Waals surface area contributed by atoms with Crippen LogP contribution in [0.15, 0.2) is 0 Å². The highest BCUT2D eigenvalue weighted by atomic mass is 16.5. The molecular weight excluding hydrogens is 126 g/mol. The standard InChI is InChI=1S/C8H15NO/c1-8(2)6(9)5-3-4-10-7(5)8/h5-7H,3-4,9H2,1-2H3/t5-,6-,7-/m1/s1. The Morgan fingerprint density at radius 3 is 2.80 bits per heavy atom. The Labute approximate surface area is 61.7 Å². The van der Waals surface area contributed by atoms with Crippen molar-refractivity contribution in [2.45, 2.75) is 32.4 Å². The van der Waals surface area contributed by atoms with Gasteiger partial charge in [-0.1, -0.05) is 13.8 Å². The van der Waals surface area contributed by atoms with Gasteiger partial charge in [0.15, 0.2) is 0 Å². The number of nitrogens with two attached hydrogens (primary N) is 1. The molecule has 2 nitrogen and oxygen atoms in total.